The average Bonchev–Trinajstić information content (AvgIpc) is 2.34. The zero-order valence-corrected chi connectivity index (χ0v) is 11.6. The maximum atomic E-state index is 13.4. The van der Waals surface area contributed by atoms with E-state index in [-0.39, 0.29) is 17.0 Å². The molecule has 0 aliphatic rings. The fourth-order valence-electron chi connectivity index (χ4n) is 1.53. The van der Waals surface area contributed by atoms with Crippen molar-refractivity contribution in [3.05, 3.63) is 35.4 Å². The Kier molecular flexibility index (Phi) is 4.94. The van der Waals surface area contributed by atoms with Crippen LogP contribution >= 0.6 is 12.2 Å². The van der Waals surface area contributed by atoms with Gasteiger partial charge in [-0.05, 0) is 19.4 Å². The largest absolute Gasteiger partial charge is 0.391 e. The minimum Gasteiger partial charge on any atom is -0.391 e. The van der Waals surface area contributed by atoms with E-state index in [0.717, 1.165) is 6.07 Å². The Morgan fingerprint density at radius 2 is 2.11 bits per heavy atom. The van der Waals surface area contributed by atoms with Gasteiger partial charge < -0.3 is 11.1 Å². The number of amides is 1. The second kappa shape index (κ2) is 6.06. The van der Waals surface area contributed by atoms with Crippen LogP contribution in [0.1, 0.15) is 25.8 Å². The topological polar surface area (TPSA) is 55.1 Å². The Morgan fingerprint density at radius 1 is 1.47 bits per heavy atom. The summed E-state index contributed by atoms with van der Waals surface area (Å²) in [4.78, 5) is 12.0. The Balaban J connectivity index is 2.81. The lowest BCUT2D eigenvalue weighted by Crippen LogP contribution is -2.54. The second-order valence-corrected chi connectivity index (χ2v) is 4.93. The van der Waals surface area contributed by atoms with Crippen molar-refractivity contribution in [3.8, 4) is 0 Å². The van der Waals surface area contributed by atoms with Gasteiger partial charge in [0.05, 0.1) is 16.9 Å². The van der Waals surface area contributed by atoms with Crippen LogP contribution in [0.25, 0.3) is 0 Å². The van der Waals surface area contributed by atoms with Crippen LogP contribution < -0.4 is 11.1 Å². The van der Waals surface area contributed by atoms with Crippen LogP contribution in [-0.2, 0) is 11.2 Å². The monoisotopic (exact) mass is 286 g/mol. The van der Waals surface area contributed by atoms with E-state index in [1.165, 1.54) is 12.1 Å². The molecule has 19 heavy (non-hydrogen) atoms. The highest BCUT2D eigenvalue weighted by atomic mass is 32.1. The first-order valence-corrected chi connectivity index (χ1v) is 6.24. The maximum Gasteiger partial charge on any atom is 0.225 e. The highest BCUT2D eigenvalue weighted by molar-refractivity contribution is 7.80. The summed E-state index contributed by atoms with van der Waals surface area (Å²) >= 11 is 4.89. The Bertz CT molecular complexity index is 507. The maximum absolute atomic E-state index is 13.4. The van der Waals surface area contributed by atoms with Crippen LogP contribution in [0.5, 0.6) is 0 Å². The summed E-state index contributed by atoms with van der Waals surface area (Å²) < 4.78 is 26.4. The van der Waals surface area contributed by atoms with Crippen molar-refractivity contribution < 1.29 is 13.6 Å². The number of hydrogen-bond acceptors (Lipinski definition) is 2. The molecule has 104 valence electrons. The van der Waals surface area contributed by atoms with Gasteiger partial charge in [0.1, 0.15) is 0 Å². The highest BCUT2D eigenvalue weighted by Gasteiger charge is 2.27. The van der Waals surface area contributed by atoms with E-state index < -0.39 is 23.1 Å². The number of carbonyl (C=O) groups excluding carboxylic acids is 1. The van der Waals surface area contributed by atoms with Crippen LogP contribution in [0.2, 0.25) is 0 Å². The van der Waals surface area contributed by atoms with Crippen molar-refractivity contribution in [3.63, 3.8) is 0 Å². The zero-order valence-electron chi connectivity index (χ0n) is 10.8. The number of nitrogens with two attached hydrogens (primary N) is 1. The lowest BCUT2D eigenvalue weighted by atomic mass is 9.98. The van der Waals surface area contributed by atoms with E-state index in [2.05, 4.69) is 5.32 Å². The summed E-state index contributed by atoms with van der Waals surface area (Å²) in [6.07, 6.45) is 0.251. The molecule has 0 saturated heterocycles. The van der Waals surface area contributed by atoms with E-state index in [9.17, 15) is 13.6 Å². The predicted molar refractivity (Wildman–Crippen MR) is 73.7 cm³/mol. The molecule has 1 amide bonds. The zero-order chi connectivity index (χ0) is 14.6. The van der Waals surface area contributed by atoms with E-state index in [0.29, 0.717) is 6.42 Å². The third-order valence-corrected chi connectivity index (χ3v) is 3.50. The molecule has 3 nitrogen and oxygen atoms in total. The van der Waals surface area contributed by atoms with E-state index in [4.69, 9.17) is 18.0 Å². The molecule has 0 aliphatic carbocycles. The second-order valence-electron chi connectivity index (χ2n) is 4.49. The minimum absolute atomic E-state index is 0.00103. The molecule has 0 heterocycles. The third kappa shape index (κ3) is 3.70. The Labute approximate surface area is 116 Å². The van der Waals surface area contributed by atoms with Gasteiger partial charge >= 0.3 is 0 Å². The van der Waals surface area contributed by atoms with Gasteiger partial charge in [-0.25, -0.2) is 8.78 Å². The van der Waals surface area contributed by atoms with Gasteiger partial charge in [0.15, 0.2) is 11.6 Å². The summed E-state index contributed by atoms with van der Waals surface area (Å²) in [5.41, 5.74) is 4.74. The standard InChI is InChI=1S/C13H16F2N2OS/c1-3-13(2,12(16)19)17-10(18)7-8-5-4-6-9(14)11(8)15/h4-6H,3,7H2,1-2H3,(H2,16,19)(H,17,18). The lowest BCUT2D eigenvalue weighted by molar-refractivity contribution is -0.121. The molecular weight excluding hydrogens is 270 g/mol. The predicted octanol–water partition coefficient (Wildman–Crippen LogP) is 2.08. The molecule has 3 N–H and O–H groups in total. The third-order valence-electron chi connectivity index (χ3n) is 3.05. The van der Waals surface area contributed by atoms with Crippen molar-refractivity contribution in [1.82, 2.24) is 5.32 Å². The first-order chi connectivity index (χ1) is 8.80. The van der Waals surface area contributed by atoms with Crippen LogP contribution in [0, 0.1) is 11.6 Å². The fourth-order valence-corrected chi connectivity index (χ4v) is 1.73. The van der Waals surface area contributed by atoms with Gasteiger partial charge in [-0.2, -0.15) is 0 Å². The summed E-state index contributed by atoms with van der Waals surface area (Å²) in [7, 11) is 0. The Morgan fingerprint density at radius 3 is 2.63 bits per heavy atom. The number of thiocarbonyl (C=S) groups is 1. The molecule has 0 bridgehead atoms. The molecule has 1 atom stereocenters. The molecule has 0 radical (unpaired) electrons. The molecule has 0 aliphatic heterocycles. The van der Waals surface area contributed by atoms with Crippen LogP contribution in [0.3, 0.4) is 0 Å². The van der Waals surface area contributed by atoms with Gasteiger partial charge in [-0.15, -0.1) is 0 Å². The number of carbonyl (C=O) groups is 1. The molecule has 0 fully saturated rings. The summed E-state index contributed by atoms with van der Waals surface area (Å²) in [5, 5.41) is 2.64. The Hall–Kier alpha value is -1.56. The van der Waals surface area contributed by atoms with Gasteiger partial charge in [-0.3, -0.25) is 4.79 Å². The van der Waals surface area contributed by atoms with Crippen molar-refractivity contribution in [2.45, 2.75) is 32.2 Å². The van der Waals surface area contributed by atoms with Gasteiger partial charge in [0.25, 0.3) is 0 Å². The lowest BCUT2D eigenvalue weighted by Gasteiger charge is -2.28. The van der Waals surface area contributed by atoms with Crippen molar-refractivity contribution >= 4 is 23.1 Å². The molecule has 1 aromatic rings. The molecule has 1 aromatic carbocycles. The number of benzene rings is 1. The average molecular weight is 286 g/mol. The van der Waals surface area contributed by atoms with E-state index in [1.807, 2.05) is 6.92 Å². The normalized spacial score (nSPS) is 13.7. The van der Waals surface area contributed by atoms with Crippen molar-refractivity contribution in [2.75, 3.05) is 0 Å². The van der Waals surface area contributed by atoms with Gasteiger partial charge in [-0.1, -0.05) is 31.3 Å². The minimum atomic E-state index is -1.01. The summed E-state index contributed by atoms with van der Waals surface area (Å²) in [5.74, 6) is -2.44. The smallest absolute Gasteiger partial charge is 0.225 e. The first kappa shape index (κ1) is 15.5. The van der Waals surface area contributed by atoms with Crippen molar-refractivity contribution in [2.24, 2.45) is 5.73 Å². The molecule has 0 saturated carbocycles. The number of rotatable bonds is 5. The summed E-state index contributed by atoms with van der Waals surface area (Å²) in [6, 6.07) is 3.72. The fraction of sp³-hybridized carbons (Fsp3) is 0.385. The van der Waals surface area contributed by atoms with Crippen molar-refractivity contribution in [1.29, 1.82) is 0 Å². The molecule has 1 rings (SSSR count). The van der Waals surface area contributed by atoms with Gasteiger partial charge in [0, 0.05) is 5.56 Å². The first-order valence-electron chi connectivity index (χ1n) is 5.84. The van der Waals surface area contributed by atoms with Crippen LogP contribution in [0.4, 0.5) is 8.78 Å². The van der Waals surface area contributed by atoms with Crippen LogP contribution in [0.15, 0.2) is 18.2 Å². The molecular formula is C13H16F2N2OS. The van der Waals surface area contributed by atoms with E-state index in [1.54, 1.807) is 6.92 Å². The number of nitrogens with one attached hydrogen (secondary N) is 1. The highest BCUT2D eigenvalue weighted by Crippen LogP contribution is 2.14. The molecule has 0 aromatic heterocycles. The van der Waals surface area contributed by atoms with Gasteiger partial charge in [0.2, 0.25) is 5.91 Å². The molecule has 0 spiro atoms. The SMILES string of the molecule is CCC(C)(NC(=O)Cc1cccc(F)c1F)C(N)=S. The van der Waals surface area contributed by atoms with Crippen LogP contribution in [-0.4, -0.2) is 16.4 Å². The molecule has 1 unspecified atom stereocenters. The van der Waals surface area contributed by atoms with E-state index >= 15 is 0 Å². The molecule has 6 heteroatoms. The quantitative estimate of drug-likeness (QED) is 0.815. The number of halogens is 2. The number of hydrogen-bond donors (Lipinski definition) is 2. The summed E-state index contributed by atoms with van der Waals surface area (Å²) in [6.45, 7) is 3.51.